The first-order valence-corrected chi connectivity index (χ1v) is 9.43. The molecule has 0 radical (unpaired) electrons. The summed E-state index contributed by atoms with van der Waals surface area (Å²) >= 11 is 4.81. The van der Waals surface area contributed by atoms with Gasteiger partial charge in [0.1, 0.15) is 12.4 Å². The molecular weight excluding hydrogens is 469 g/mol. The molecule has 0 fully saturated rings. The summed E-state index contributed by atoms with van der Waals surface area (Å²) < 4.78 is 65.6. The molecule has 0 bridgehead atoms. The first-order chi connectivity index (χ1) is 15.7. The number of H-pyrrole nitrogens is 1. The van der Waals surface area contributed by atoms with E-state index < -0.39 is 18.0 Å². The molecule has 0 amide bonds. The molecule has 0 aliphatic heterocycles. The van der Waals surface area contributed by atoms with Gasteiger partial charge in [-0.05, 0) is 36.5 Å². The van der Waals surface area contributed by atoms with Crippen LogP contribution in [0.3, 0.4) is 0 Å². The van der Waals surface area contributed by atoms with Crippen LogP contribution in [0.1, 0.15) is 27.7 Å². The molecule has 0 atom stereocenters. The average molecular weight is 486 g/mol. The Labute approximate surface area is 189 Å². The summed E-state index contributed by atoms with van der Waals surface area (Å²) in [6, 6.07) is 5.92. The highest BCUT2D eigenvalue weighted by atomic mass is 32.1. The Bertz CT molecular complexity index is 1210. The first kappa shape index (κ1) is 23.8. The number of nitrogens with one attached hydrogen (secondary N) is 1. The Kier molecular flexibility index (Phi) is 7.06. The summed E-state index contributed by atoms with van der Waals surface area (Å²) in [6.45, 7) is -0.0731. The van der Waals surface area contributed by atoms with Gasteiger partial charge in [-0.1, -0.05) is 0 Å². The molecule has 0 spiro atoms. The zero-order chi connectivity index (χ0) is 24.2. The SMILES string of the molecule is COC(=O)c1ccc(COc2c(OC)cc(/C=N/n3c(C(F)(F)F)n[nH]c3=S)cc2OC)o1. The van der Waals surface area contributed by atoms with Crippen LogP contribution in [0.4, 0.5) is 13.2 Å². The Hall–Kier alpha value is -3.81. The van der Waals surface area contributed by atoms with Crippen LogP contribution in [-0.4, -0.2) is 48.4 Å². The van der Waals surface area contributed by atoms with E-state index in [1.807, 2.05) is 0 Å². The van der Waals surface area contributed by atoms with Crippen molar-refractivity contribution in [2.24, 2.45) is 5.10 Å². The molecule has 176 valence electrons. The molecule has 0 aliphatic carbocycles. The van der Waals surface area contributed by atoms with E-state index in [-0.39, 0.29) is 34.4 Å². The fourth-order valence-electron chi connectivity index (χ4n) is 2.63. The van der Waals surface area contributed by atoms with E-state index >= 15 is 0 Å². The number of methoxy groups -OCH3 is 3. The van der Waals surface area contributed by atoms with Crippen LogP contribution in [0.5, 0.6) is 17.2 Å². The molecule has 14 heteroatoms. The molecule has 3 rings (SSSR count). The topological polar surface area (TPSA) is 113 Å². The molecule has 0 unspecified atom stereocenters. The van der Waals surface area contributed by atoms with Crippen molar-refractivity contribution < 1.29 is 41.3 Å². The summed E-state index contributed by atoms with van der Waals surface area (Å²) in [5.74, 6) is -0.968. The van der Waals surface area contributed by atoms with Crippen LogP contribution in [-0.2, 0) is 17.5 Å². The maximum atomic E-state index is 13.1. The highest BCUT2D eigenvalue weighted by Gasteiger charge is 2.37. The number of hydrogen-bond acceptors (Lipinski definition) is 9. The fourth-order valence-corrected chi connectivity index (χ4v) is 2.81. The molecule has 1 N–H and O–H groups in total. The Balaban J connectivity index is 1.87. The van der Waals surface area contributed by atoms with E-state index in [2.05, 4.69) is 20.0 Å². The number of carbonyl (C=O) groups is 1. The normalized spacial score (nSPS) is 11.6. The van der Waals surface area contributed by atoms with Crippen molar-refractivity contribution in [3.63, 3.8) is 0 Å². The van der Waals surface area contributed by atoms with Gasteiger partial charge in [0.15, 0.2) is 11.5 Å². The van der Waals surface area contributed by atoms with Gasteiger partial charge in [-0.2, -0.15) is 22.9 Å². The molecule has 2 heterocycles. The standard InChI is InChI=1S/C19H17F3N4O6S/c1-28-13-6-10(8-23-26-17(19(20,21)22)24-25-18(26)33)7-14(29-2)15(13)31-9-11-4-5-12(32-11)16(27)30-3/h4-8H,9H2,1-3H3,(H,25,33)/b23-8+. The molecule has 33 heavy (non-hydrogen) atoms. The fraction of sp³-hybridized carbons (Fsp3) is 0.263. The van der Waals surface area contributed by atoms with Crippen molar-refractivity contribution in [2.45, 2.75) is 12.8 Å². The van der Waals surface area contributed by atoms with Crippen LogP contribution >= 0.6 is 12.2 Å². The predicted molar refractivity (Wildman–Crippen MR) is 109 cm³/mol. The Morgan fingerprint density at radius 3 is 2.48 bits per heavy atom. The number of hydrogen-bond donors (Lipinski definition) is 1. The second-order valence-corrected chi connectivity index (χ2v) is 6.59. The molecule has 0 aliphatic rings. The van der Waals surface area contributed by atoms with Crippen molar-refractivity contribution in [3.05, 3.63) is 51.9 Å². The first-order valence-electron chi connectivity index (χ1n) is 9.02. The molecule has 0 saturated heterocycles. The molecule has 3 aromatic rings. The van der Waals surface area contributed by atoms with Crippen LogP contribution in [0.25, 0.3) is 0 Å². The lowest BCUT2D eigenvalue weighted by Gasteiger charge is -2.14. The summed E-state index contributed by atoms with van der Waals surface area (Å²) in [5.41, 5.74) is 0.332. The summed E-state index contributed by atoms with van der Waals surface area (Å²) in [6.07, 6.45) is -3.62. The lowest BCUT2D eigenvalue weighted by molar-refractivity contribution is -0.147. The second kappa shape index (κ2) is 9.77. The van der Waals surface area contributed by atoms with Crippen molar-refractivity contribution in [1.82, 2.24) is 14.9 Å². The van der Waals surface area contributed by atoms with Gasteiger partial charge in [0.05, 0.1) is 27.5 Å². The van der Waals surface area contributed by atoms with Gasteiger partial charge in [0.2, 0.25) is 16.3 Å². The second-order valence-electron chi connectivity index (χ2n) is 6.21. The molecule has 1 aromatic carbocycles. The lowest BCUT2D eigenvalue weighted by atomic mass is 10.2. The van der Waals surface area contributed by atoms with Gasteiger partial charge < -0.3 is 23.4 Å². The Morgan fingerprint density at radius 1 is 1.24 bits per heavy atom. The minimum absolute atomic E-state index is 0.0117. The van der Waals surface area contributed by atoms with E-state index in [4.69, 9.17) is 30.8 Å². The number of rotatable bonds is 8. The van der Waals surface area contributed by atoms with Gasteiger partial charge in [-0.3, -0.25) is 0 Å². The minimum Gasteiger partial charge on any atom is -0.493 e. The monoisotopic (exact) mass is 486 g/mol. The van der Waals surface area contributed by atoms with E-state index in [1.54, 1.807) is 6.07 Å². The van der Waals surface area contributed by atoms with Crippen molar-refractivity contribution in [1.29, 1.82) is 0 Å². The van der Waals surface area contributed by atoms with E-state index in [0.29, 0.717) is 16.0 Å². The van der Waals surface area contributed by atoms with Crippen LogP contribution < -0.4 is 14.2 Å². The number of aromatic amines is 1. The van der Waals surface area contributed by atoms with Crippen LogP contribution in [0.2, 0.25) is 0 Å². The molecule has 0 saturated carbocycles. The average Bonchev–Trinajstić information content (AvgIpc) is 3.41. The molecular formula is C19H17F3N4O6S. The number of benzene rings is 1. The van der Waals surface area contributed by atoms with Gasteiger partial charge in [-0.25, -0.2) is 9.89 Å². The van der Waals surface area contributed by atoms with Crippen molar-refractivity contribution >= 4 is 24.4 Å². The number of ether oxygens (including phenoxy) is 4. The quantitative estimate of drug-likeness (QED) is 0.291. The third kappa shape index (κ3) is 5.34. The number of esters is 1. The van der Waals surface area contributed by atoms with Gasteiger partial charge in [0.25, 0.3) is 5.82 Å². The van der Waals surface area contributed by atoms with E-state index in [1.165, 1.54) is 39.5 Å². The number of aromatic nitrogens is 3. The lowest BCUT2D eigenvalue weighted by Crippen LogP contribution is -2.12. The predicted octanol–water partition coefficient (Wildman–Crippen LogP) is 3.82. The Morgan fingerprint density at radius 2 is 1.91 bits per heavy atom. The maximum Gasteiger partial charge on any atom is 0.453 e. The number of nitrogens with zero attached hydrogens (tertiary/aromatic N) is 3. The van der Waals surface area contributed by atoms with Gasteiger partial charge in [0, 0.05) is 5.56 Å². The van der Waals surface area contributed by atoms with Gasteiger partial charge in [-0.15, -0.1) is 5.10 Å². The number of carbonyl (C=O) groups excluding carboxylic acids is 1. The van der Waals surface area contributed by atoms with Crippen molar-refractivity contribution in [3.8, 4) is 17.2 Å². The number of halogens is 3. The van der Waals surface area contributed by atoms with Crippen molar-refractivity contribution in [2.75, 3.05) is 21.3 Å². The number of furan rings is 1. The minimum atomic E-state index is -4.75. The summed E-state index contributed by atoms with van der Waals surface area (Å²) in [7, 11) is 3.98. The van der Waals surface area contributed by atoms with Crippen LogP contribution in [0.15, 0.2) is 33.8 Å². The van der Waals surface area contributed by atoms with E-state index in [0.717, 1.165) is 6.21 Å². The molecule has 2 aromatic heterocycles. The smallest absolute Gasteiger partial charge is 0.453 e. The third-order valence-corrected chi connectivity index (χ3v) is 4.38. The highest BCUT2D eigenvalue weighted by Crippen LogP contribution is 2.39. The van der Waals surface area contributed by atoms with Gasteiger partial charge >= 0.3 is 12.1 Å². The molecule has 10 nitrogen and oxygen atoms in total. The van der Waals surface area contributed by atoms with E-state index in [9.17, 15) is 18.0 Å². The number of alkyl halides is 3. The third-order valence-electron chi connectivity index (χ3n) is 4.12. The van der Waals surface area contributed by atoms with Crippen LogP contribution in [0, 0.1) is 4.77 Å². The summed E-state index contributed by atoms with van der Waals surface area (Å²) in [4.78, 5) is 11.5. The maximum absolute atomic E-state index is 13.1. The zero-order valence-electron chi connectivity index (χ0n) is 17.4. The highest BCUT2D eigenvalue weighted by molar-refractivity contribution is 7.71. The summed E-state index contributed by atoms with van der Waals surface area (Å²) in [5, 5.41) is 8.97. The largest absolute Gasteiger partial charge is 0.493 e. The zero-order valence-corrected chi connectivity index (χ0v) is 18.2.